The number of aromatic amines is 1. The predicted octanol–water partition coefficient (Wildman–Crippen LogP) is 1.28. The number of carbonyl (C=O) groups excluding carboxylic acids is 1. The standard InChI is InChI=1S/C14H14FN3O3/c1-8-2-3-9(4-11(8)15)13(19)18-12(14(20)21)5-10-6-16-7-17-10/h2-4,6-7,12H,5H2,1H3,(H,16,17)(H,18,19)(H,20,21). The number of halogens is 1. The van der Waals surface area contributed by atoms with E-state index in [0.717, 1.165) is 6.07 Å². The van der Waals surface area contributed by atoms with Crippen molar-refractivity contribution in [3.05, 3.63) is 53.4 Å². The number of aliphatic carboxylic acids is 1. The number of hydrogen-bond donors (Lipinski definition) is 3. The van der Waals surface area contributed by atoms with E-state index >= 15 is 0 Å². The van der Waals surface area contributed by atoms with Gasteiger partial charge in [-0.1, -0.05) is 6.07 Å². The number of hydrogen-bond acceptors (Lipinski definition) is 3. The summed E-state index contributed by atoms with van der Waals surface area (Å²) in [5.41, 5.74) is 1.07. The van der Waals surface area contributed by atoms with Crippen molar-refractivity contribution >= 4 is 11.9 Å². The van der Waals surface area contributed by atoms with E-state index in [4.69, 9.17) is 5.11 Å². The van der Waals surface area contributed by atoms with Crippen molar-refractivity contribution in [3.8, 4) is 0 Å². The van der Waals surface area contributed by atoms with E-state index in [1.165, 1.54) is 24.7 Å². The number of nitrogens with one attached hydrogen (secondary N) is 2. The van der Waals surface area contributed by atoms with Crippen LogP contribution in [0, 0.1) is 12.7 Å². The Bertz CT molecular complexity index is 655. The summed E-state index contributed by atoms with van der Waals surface area (Å²) in [6, 6.07) is 2.87. The maximum Gasteiger partial charge on any atom is 0.326 e. The summed E-state index contributed by atoms with van der Waals surface area (Å²) in [5, 5.41) is 11.5. The maximum absolute atomic E-state index is 13.4. The van der Waals surface area contributed by atoms with Gasteiger partial charge in [-0.15, -0.1) is 0 Å². The number of H-pyrrole nitrogens is 1. The number of carbonyl (C=O) groups is 2. The van der Waals surface area contributed by atoms with Gasteiger partial charge in [0.15, 0.2) is 0 Å². The summed E-state index contributed by atoms with van der Waals surface area (Å²) in [5.74, 6) is -2.32. The number of carboxylic acids is 1. The lowest BCUT2D eigenvalue weighted by atomic mass is 10.1. The van der Waals surface area contributed by atoms with E-state index < -0.39 is 23.7 Å². The van der Waals surface area contributed by atoms with Crippen LogP contribution in [0.5, 0.6) is 0 Å². The maximum atomic E-state index is 13.4. The van der Waals surface area contributed by atoms with Crippen LogP contribution in [-0.4, -0.2) is 33.0 Å². The van der Waals surface area contributed by atoms with Gasteiger partial charge in [-0.05, 0) is 24.6 Å². The molecule has 0 aliphatic heterocycles. The first-order valence-corrected chi connectivity index (χ1v) is 6.24. The number of benzene rings is 1. The molecular formula is C14H14FN3O3. The molecule has 7 heteroatoms. The molecule has 6 nitrogen and oxygen atoms in total. The van der Waals surface area contributed by atoms with Gasteiger partial charge in [-0.3, -0.25) is 4.79 Å². The Hall–Kier alpha value is -2.70. The fourth-order valence-corrected chi connectivity index (χ4v) is 1.79. The predicted molar refractivity (Wildman–Crippen MR) is 72.3 cm³/mol. The summed E-state index contributed by atoms with van der Waals surface area (Å²) >= 11 is 0. The number of aromatic nitrogens is 2. The summed E-state index contributed by atoms with van der Waals surface area (Å²) in [6.07, 6.45) is 2.97. The van der Waals surface area contributed by atoms with E-state index in [9.17, 15) is 14.0 Å². The molecule has 0 radical (unpaired) electrons. The molecule has 2 rings (SSSR count). The van der Waals surface area contributed by atoms with E-state index in [2.05, 4.69) is 15.3 Å². The average Bonchev–Trinajstić information content (AvgIpc) is 2.93. The highest BCUT2D eigenvalue weighted by Gasteiger charge is 2.22. The molecule has 1 atom stereocenters. The molecule has 0 bridgehead atoms. The van der Waals surface area contributed by atoms with Crippen molar-refractivity contribution < 1.29 is 19.1 Å². The highest BCUT2D eigenvalue weighted by atomic mass is 19.1. The molecule has 110 valence electrons. The zero-order chi connectivity index (χ0) is 15.4. The minimum Gasteiger partial charge on any atom is -0.480 e. The van der Waals surface area contributed by atoms with E-state index in [0.29, 0.717) is 11.3 Å². The molecule has 0 aliphatic carbocycles. The van der Waals surface area contributed by atoms with Gasteiger partial charge in [0.2, 0.25) is 0 Å². The molecular weight excluding hydrogens is 277 g/mol. The molecule has 0 fully saturated rings. The minimum absolute atomic E-state index is 0.0649. The normalized spacial score (nSPS) is 11.9. The van der Waals surface area contributed by atoms with Gasteiger partial charge in [0.05, 0.1) is 6.33 Å². The van der Waals surface area contributed by atoms with Crippen molar-refractivity contribution in [3.63, 3.8) is 0 Å². The van der Waals surface area contributed by atoms with Gasteiger partial charge in [0.1, 0.15) is 11.9 Å². The summed E-state index contributed by atoms with van der Waals surface area (Å²) in [6.45, 7) is 1.58. The fraction of sp³-hybridized carbons (Fsp3) is 0.214. The van der Waals surface area contributed by atoms with Gasteiger partial charge in [-0.25, -0.2) is 14.2 Å². The van der Waals surface area contributed by atoms with Crippen LogP contribution in [0.15, 0.2) is 30.7 Å². The second kappa shape index (κ2) is 6.17. The molecule has 1 unspecified atom stereocenters. The van der Waals surface area contributed by atoms with Gasteiger partial charge < -0.3 is 15.4 Å². The molecule has 0 saturated heterocycles. The van der Waals surface area contributed by atoms with Crippen LogP contribution in [0.1, 0.15) is 21.6 Å². The molecule has 0 saturated carbocycles. The minimum atomic E-state index is -1.18. The van der Waals surface area contributed by atoms with Crippen molar-refractivity contribution in [2.75, 3.05) is 0 Å². The number of carboxylic acid groups (broad SMARTS) is 1. The molecule has 1 aromatic carbocycles. The number of rotatable bonds is 5. The smallest absolute Gasteiger partial charge is 0.326 e. The Morgan fingerprint density at radius 2 is 2.24 bits per heavy atom. The van der Waals surface area contributed by atoms with Crippen molar-refractivity contribution in [2.24, 2.45) is 0 Å². The summed E-state index contributed by atoms with van der Waals surface area (Å²) < 4.78 is 13.4. The van der Waals surface area contributed by atoms with Crippen LogP contribution < -0.4 is 5.32 Å². The van der Waals surface area contributed by atoms with Gasteiger partial charge in [0, 0.05) is 23.9 Å². The lowest BCUT2D eigenvalue weighted by Crippen LogP contribution is -2.42. The number of nitrogens with zero attached hydrogens (tertiary/aromatic N) is 1. The number of imidazole rings is 1. The lowest BCUT2D eigenvalue weighted by Gasteiger charge is -2.14. The van der Waals surface area contributed by atoms with Crippen molar-refractivity contribution in [1.29, 1.82) is 0 Å². The van der Waals surface area contributed by atoms with E-state index in [1.54, 1.807) is 6.92 Å². The zero-order valence-electron chi connectivity index (χ0n) is 11.3. The van der Waals surface area contributed by atoms with E-state index in [1.807, 2.05) is 0 Å². The van der Waals surface area contributed by atoms with Gasteiger partial charge in [0.25, 0.3) is 5.91 Å². The second-order valence-corrected chi connectivity index (χ2v) is 4.61. The molecule has 1 aromatic heterocycles. The zero-order valence-corrected chi connectivity index (χ0v) is 11.3. The Morgan fingerprint density at radius 3 is 2.81 bits per heavy atom. The second-order valence-electron chi connectivity index (χ2n) is 4.61. The Labute approximate surface area is 120 Å². The van der Waals surface area contributed by atoms with Crippen LogP contribution in [0.3, 0.4) is 0 Å². The third-order valence-corrected chi connectivity index (χ3v) is 3.02. The van der Waals surface area contributed by atoms with E-state index in [-0.39, 0.29) is 12.0 Å². The molecule has 0 spiro atoms. The molecule has 1 heterocycles. The first-order chi connectivity index (χ1) is 9.97. The van der Waals surface area contributed by atoms with Crippen molar-refractivity contribution in [2.45, 2.75) is 19.4 Å². The fourth-order valence-electron chi connectivity index (χ4n) is 1.79. The Balaban J connectivity index is 2.10. The number of amides is 1. The topological polar surface area (TPSA) is 95.1 Å². The third kappa shape index (κ3) is 3.65. The quantitative estimate of drug-likeness (QED) is 0.773. The van der Waals surface area contributed by atoms with Crippen LogP contribution >= 0.6 is 0 Å². The van der Waals surface area contributed by atoms with Gasteiger partial charge in [-0.2, -0.15) is 0 Å². The molecule has 2 aromatic rings. The van der Waals surface area contributed by atoms with Gasteiger partial charge >= 0.3 is 5.97 Å². The van der Waals surface area contributed by atoms with Crippen LogP contribution in [-0.2, 0) is 11.2 Å². The highest BCUT2D eigenvalue weighted by Crippen LogP contribution is 2.10. The highest BCUT2D eigenvalue weighted by molar-refractivity contribution is 5.96. The van der Waals surface area contributed by atoms with Crippen LogP contribution in [0.25, 0.3) is 0 Å². The third-order valence-electron chi connectivity index (χ3n) is 3.02. The molecule has 3 N–H and O–H groups in total. The lowest BCUT2D eigenvalue weighted by molar-refractivity contribution is -0.139. The average molecular weight is 291 g/mol. The largest absolute Gasteiger partial charge is 0.480 e. The molecule has 0 aliphatic rings. The first kappa shape index (κ1) is 14.7. The van der Waals surface area contributed by atoms with Crippen molar-refractivity contribution in [1.82, 2.24) is 15.3 Å². The van der Waals surface area contributed by atoms with Crippen LogP contribution in [0.2, 0.25) is 0 Å². The first-order valence-electron chi connectivity index (χ1n) is 6.24. The summed E-state index contributed by atoms with van der Waals surface area (Å²) in [7, 11) is 0. The SMILES string of the molecule is Cc1ccc(C(=O)NC(Cc2cnc[nH]2)C(=O)O)cc1F. The van der Waals surface area contributed by atoms with Crippen LogP contribution in [0.4, 0.5) is 4.39 Å². The number of aryl methyl sites for hydroxylation is 1. The molecule has 1 amide bonds. The Morgan fingerprint density at radius 1 is 1.48 bits per heavy atom. The molecule has 21 heavy (non-hydrogen) atoms. The monoisotopic (exact) mass is 291 g/mol. The summed E-state index contributed by atoms with van der Waals surface area (Å²) in [4.78, 5) is 29.7. The Kier molecular flexibility index (Phi) is 4.32.